The fraction of sp³-hybridized carbons (Fsp3) is 0.273. The van der Waals surface area contributed by atoms with Crippen LogP contribution >= 0.6 is 0 Å². The first-order valence-electron chi connectivity index (χ1n) is 4.65. The molecule has 0 aliphatic rings. The Labute approximate surface area is 93.3 Å². The number of rotatable bonds is 4. The van der Waals surface area contributed by atoms with Crippen LogP contribution < -0.4 is 0 Å². The highest BCUT2D eigenvalue weighted by atomic mass is 16.5. The molecule has 1 aromatic rings. The topological polar surface area (TPSA) is 83.8 Å². The lowest BCUT2D eigenvalue weighted by Gasteiger charge is -1.98. The van der Waals surface area contributed by atoms with Gasteiger partial charge < -0.3 is 14.9 Å². The van der Waals surface area contributed by atoms with Crippen LogP contribution in [-0.2, 0) is 20.7 Å². The largest absolute Gasteiger partial charge is 0.508 e. The van der Waals surface area contributed by atoms with Crippen LogP contribution in [0.3, 0.4) is 0 Å². The zero-order valence-electron chi connectivity index (χ0n) is 8.92. The minimum atomic E-state index is -0.938. The Morgan fingerprint density at radius 2 is 2.06 bits per heavy atom. The average Bonchev–Trinajstić information content (AvgIpc) is 2.23. The summed E-state index contributed by atoms with van der Waals surface area (Å²) >= 11 is 0. The number of aliphatic carboxylic acids is 1. The first-order valence-corrected chi connectivity index (χ1v) is 4.65. The second-order valence-corrected chi connectivity index (χ2v) is 2.75. The van der Waals surface area contributed by atoms with Crippen molar-refractivity contribution in [2.45, 2.75) is 13.3 Å². The molecule has 0 amide bonds. The van der Waals surface area contributed by atoms with E-state index in [1.165, 1.54) is 6.07 Å². The Morgan fingerprint density at radius 1 is 1.44 bits per heavy atom. The van der Waals surface area contributed by atoms with Gasteiger partial charge in [0.1, 0.15) is 5.75 Å². The molecule has 5 nitrogen and oxygen atoms in total. The van der Waals surface area contributed by atoms with Crippen LogP contribution in [0.2, 0.25) is 0 Å². The monoisotopic (exact) mass is 226 g/mol. The standard InChI is InChI=1S/C8H8O3.C3H6O2/c9-7-4-2-1-3-6(7)5-8(10)11;1-2-5-3-4/h1-4,9H,5H2,(H,10,11);3H,2H2,1H3. The first-order chi connectivity index (χ1) is 7.61. The maximum absolute atomic E-state index is 10.2. The SMILES string of the molecule is CCOC=O.O=C(O)Cc1ccccc1O. The van der Waals surface area contributed by atoms with Crippen molar-refractivity contribution in [1.29, 1.82) is 0 Å². The van der Waals surface area contributed by atoms with Crippen molar-refractivity contribution < 1.29 is 24.5 Å². The number of hydrogen-bond acceptors (Lipinski definition) is 4. The molecule has 0 saturated heterocycles. The zero-order valence-corrected chi connectivity index (χ0v) is 8.92. The van der Waals surface area contributed by atoms with E-state index in [4.69, 9.17) is 10.2 Å². The molecule has 0 aliphatic carbocycles. The third-order valence-corrected chi connectivity index (χ3v) is 1.57. The second kappa shape index (κ2) is 8.28. The summed E-state index contributed by atoms with van der Waals surface area (Å²) in [5.41, 5.74) is 0.444. The summed E-state index contributed by atoms with van der Waals surface area (Å²) in [6, 6.07) is 6.40. The second-order valence-electron chi connectivity index (χ2n) is 2.75. The number of hydrogen-bond donors (Lipinski definition) is 2. The maximum Gasteiger partial charge on any atom is 0.307 e. The van der Waals surface area contributed by atoms with Crippen molar-refractivity contribution in [3.05, 3.63) is 29.8 Å². The predicted octanol–water partition coefficient (Wildman–Crippen LogP) is 1.20. The van der Waals surface area contributed by atoms with Crippen molar-refractivity contribution in [1.82, 2.24) is 0 Å². The van der Waals surface area contributed by atoms with Gasteiger partial charge in [0.25, 0.3) is 6.47 Å². The molecule has 0 radical (unpaired) electrons. The molecule has 0 heterocycles. The molecule has 0 bridgehead atoms. The van der Waals surface area contributed by atoms with E-state index in [1.54, 1.807) is 25.1 Å². The van der Waals surface area contributed by atoms with E-state index in [2.05, 4.69) is 4.74 Å². The molecular formula is C11H14O5. The van der Waals surface area contributed by atoms with E-state index in [1.807, 2.05) is 0 Å². The predicted molar refractivity (Wildman–Crippen MR) is 57.1 cm³/mol. The molecule has 1 rings (SSSR count). The summed E-state index contributed by atoms with van der Waals surface area (Å²) in [4.78, 5) is 19.4. The summed E-state index contributed by atoms with van der Waals surface area (Å²) in [6.45, 7) is 2.66. The Kier molecular flexibility index (Phi) is 7.23. The van der Waals surface area contributed by atoms with Crippen LogP contribution in [0.1, 0.15) is 12.5 Å². The van der Waals surface area contributed by atoms with Gasteiger partial charge in [-0.15, -0.1) is 0 Å². The number of carbonyl (C=O) groups is 2. The van der Waals surface area contributed by atoms with E-state index in [0.717, 1.165) is 0 Å². The summed E-state index contributed by atoms with van der Waals surface area (Å²) in [5, 5.41) is 17.5. The zero-order chi connectivity index (χ0) is 12.4. The van der Waals surface area contributed by atoms with Gasteiger partial charge in [-0.25, -0.2) is 0 Å². The molecule has 0 aliphatic heterocycles. The molecule has 0 saturated carbocycles. The van der Waals surface area contributed by atoms with Crippen LogP contribution in [0.5, 0.6) is 5.75 Å². The molecule has 1 aromatic carbocycles. The van der Waals surface area contributed by atoms with Crippen LogP contribution in [0.4, 0.5) is 0 Å². The number of benzene rings is 1. The smallest absolute Gasteiger partial charge is 0.307 e. The van der Waals surface area contributed by atoms with Crippen molar-refractivity contribution in [2.24, 2.45) is 0 Å². The maximum atomic E-state index is 10.2. The normalized spacial score (nSPS) is 8.56. The van der Waals surface area contributed by atoms with Crippen molar-refractivity contribution in [3.8, 4) is 5.75 Å². The molecular weight excluding hydrogens is 212 g/mol. The quantitative estimate of drug-likeness (QED) is 0.753. The molecule has 2 N–H and O–H groups in total. The lowest BCUT2D eigenvalue weighted by atomic mass is 10.1. The number of ether oxygens (including phenoxy) is 1. The summed E-state index contributed by atoms with van der Waals surface area (Å²) in [6.07, 6.45) is -0.132. The number of phenols is 1. The minimum Gasteiger partial charge on any atom is -0.508 e. The Morgan fingerprint density at radius 3 is 2.44 bits per heavy atom. The highest BCUT2D eigenvalue weighted by molar-refractivity contribution is 5.71. The van der Waals surface area contributed by atoms with Gasteiger partial charge in [0, 0.05) is 5.56 Å². The minimum absolute atomic E-state index is 0.0369. The van der Waals surface area contributed by atoms with Gasteiger partial charge in [-0.3, -0.25) is 9.59 Å². The Balaban J connectivity index is 0.000000385. The number of aromatic hydroxyl groups is 1. The summed E-state index contributed by atoms with van der Waals surface area (Å²) in [5.74, 6) is -0.901. The van der Waals surface area contributed by atoms with Gasteiger partial charge in [0.05, 0.1) is 13.0 Å². The lowest BCUT2D eigenvalue weighted by molar-refractivity contribution is -0.136. The fourth-order valence-corrected chi connectivity index (χ4v) is 0.891. The third kappa shape index (κ3) is 6.42. The molecule has 0 atom stereocenters. The number of para-hydroxylation sites is 1. The van der Waals surface area contributed by atoms with Crippen LogP contribution in [-0.4, -0.2) is 29.3 Å². The van der Waals surface area contributed by atoms with Gasteiger partial charge in [0.15, 0.2) is 0 Å². The molecule has 5 heteroatoms. The fourth-order valence-electron chi connectivity index (χ4n) is 0.891. The van der Waals surface area contributed by atoms with Crippen LogP contribution in [0.15, 0.2) is 24.3 Å². The lowest BCUT2D eigenvalue weighted by Crippen LogP contribution is -1.99. The molecule has 0 unspecified atom stereocenters. The van der Waals surface area contributed by atoms with E-state index in [0.29, 0.717) is 18.6 Å². The van der Waals surface area contributed by atoms with Crippen molar-refractivity contribution >= 4 is 12.4 Å². The molecule has 0 aromatic heterocycles. The third-order valence-electron chi connectivity index (χ3n) is 1.57. The van der Waals surface area contributed by atoms with Gasteiger partial charge in [-0.1, -0.05) is 18.2 Å². The molecule has 16 heavy (non-hydrogen) atoms. The number of carboxylic acids is 1. The number of carboxylic acid groups (broad SMARTS) is 1. The highest BCUT2D eigenvalue weighted by Crippen LogP contribution is 2.15. The van der Waals surface area contributed by atoms with Gasteiger partial charge in [0.2, 0.25) is 0 Å². The number of carbonyl (C=O) groups excluding carboxylic acids is 1. The number of phenolic OH excluding ortho intramolecular Hbond substituents is 1. The van der Waals surface area contributed by atoms with Crippen LogP contribution in [0, 0.1) is 0 Å². The molecule has 0 spiro atoms. The van der Waals surface area contributed by atoms with Crippen LogP contribution in [0.25, 0.3) is 0 Å². The van der Waals surface area contributed by atoms with Crippen molar-refractivity contribution in [2.75, 3.05) is 6.61 Å². The molecule has 0 fully saturated rings. The highest BCUT2D eigenvalue weighted by Gasteiger charge is 2.03. The van der Waals surface area contributed by atoms with Crippen molar-refractivity contribution in [3.63, 3.8) is 0 Å². The Hall–Kier alpha value is -2.04. The average molecular weight is 226 g/mol. The molecule has 88 valence electrons. The van der Waals surface area contributed by atoms with Gasteiger partial charge in [-0.2, -0.15) is 0 Å². The van der Waals surface area contributed by atoms with E-state index in [-0.39, 0.29) is 12.2 Å². The Bertz CT molecular complexity index is 335. The van der Waals surface area contributed by atoms with E-state index >= 15 is 0 Å². The van der Waals surface area contributed by atoms with Gasteiger partial charge >= 0.3 is 5.97 Å². The summed E-state index contributed by atoms with van der Waals surface area (Å²) in [7, 11) is 0. The van der Waals surface area contributed by atoms with Gasteiger partial charge in [-0.05, 0) is 13.0 Å². The summed E-state index contributed by atoms with van der Waals surface area (Å²) < 4.78 is 4.15. The van der Waals surface area contributed by atoms with E-state index < -0.39 is 5.97 Å². The first kappa shape index (κ1) is 14.0. The van der Waals surface area contributed by atoms with E-state index in [9.17, 15) is 9.59 Å².